The molecule has 0 aromatic carbocycles. The molecule has 6 heteroatoms. The van der Waals surface area contributed by atoms with E-state index in [9.17, 15) is 0 Å². The maximum atomic E-state index is 5.99. The lowest BCUT2D eigenvalue weighted by Gasteiger charge is -2.15. The molecular formula is C11H17ClN4S. The average Bonchev–Trinajstić information content (AvgIpc) is 2.78. The van der Waals surface area contributed by atoms with Crippen LogP contribution in [0.25, 0.3) is 11.2 Å². The van der Waals surface area contributed by atoms with Gasteiger partial charge in [0.2, 0.25) is 0 Å². The number of imidazole rings is 1. The molecule has 0 aliphatic carbocycles. The van der Waals surface area contributed by atoms with Crippen LogP contribution in [0.4, 0.5) is 0 Å². The van der Waals surface area contributed by atoms with Crippen LogP contribution in [0.1, 0.15) is 24.5 Å². The number of nitrogens with zero attached hydrogens (tertiary/aromatic N) is 4. The monoisotopic (exact) mass is 272 g/mol. The predicted octanol–water partition coefficient (Wildman–Crippen LogP) is 2.74. The summed E-state index contributed by atoms with van der Waals surface area (Å²) in [5, 5.41) is 4.41. The molecule has 94 valence electrons. The van der Waals surface area contributed by atoms with Crippen molar-refractivity contribution in [3.63, 3.8) is 0 Å². The Balaban J connectivity index is 2.64. The van der Waals surface area contributed by atoms with Gasteiger partial charge in [-0.2, -0.15) is 16.9 Å². The molecule has 0 fully saturated rings. The molecule has 2 heterocycles. The largest absolute Gasteiger partial charge is 0.308 e. The Kier molecular flexibility index (Phi) is 3.68. The number of rotatable bonds is 4. The maximum absolute atomic E-state index is 5.99. The zero-order chi connectivity index (χ0) is 12.6. The third kappa shape index (κ3) is 2.06. The Morgan fingerprint density at radius 1 is 1.47 bits per heavy atom. The summed E-state index contributed by atoms with van der Waals surface area (Å²) in [5.41, 5.74) is 3.00. The molecule has 0 bridgehead atoms. The Bertz CT molecular complexity index is 531. The van der Waals surface area contributed by atoms with Crippen LogP contribution in [0.15, 0.2) is 0 Å². The quantitative estimate of drug-likeness (QED) is 0.803. The fourth-order valence-electron chi connectivity index (χ4n) is 2.21. The number of halogens is 1. The van der Waals surface area contributed by atoms with E-state index < -0.39 is 0 Å². The second kappa shape index (κ2) is 4.90. The minimum absolute atomic E-state index is 0.374. The summed E-state index contributed by atoms with van der Waals surface area (Å²) in [6.07, 6.45) is 2.11. The summed E-state index contributed by atoms with van der Waals surface area (Å²) in [5.74, 6) is 2.41. The molecule has 1 atom stereocenters. The standard InChI is InChI=1S/C11H17ClN4S/c1-7(6-17-4)16-9(5-12)13-10-8(2)14-15(3)11(10)16/h7H,5-6H2,1-4H3. The highest BCUT2D eigenvalue weighted by Crippen LogP contribution is 2.25. The summed E-state index contributed by atoms with van der Waals surface area (Å²) >= 11 is 7.82. The minimum atomic E-state index is 0.374. The number of alkyl halides is 1. The number of aryl methyl sites for hydroxylation is 2. The Hall–Kier alpha value is -0.680. The number of fused-ring (bicyclic) bond motifs is 1. The molecule has 0 amide bonds. The Labute approximate surface area is 110 Å². The van der Waals surface area contributed by atoms with Crippen LogP contribution >= 0.6 is 23.4 Å². The van der Waals surface area contributed by atoms with E-state index in [0.29, 0.717) is 11.9 Å². The second-order valence-electron chi connectivity index (χ2n) is 4.22. The van der Waals surface area contributed by atoms with E-state index in [1.165, 1.54) is 0 Å². The highest BCUT2D eigenvalue weighted by atomic mass is 35.5. The van der Waals surface area contributed by atoms with E-state index in [4.69, 9.17) is 11.6 Å². The van der Waals surface area contributed by atoms with Gasteiger partial charge in [-0.1, -0.05) is 0 Å². The number of hydrogen-bond donors (Lipinski definition) is 0. The highest BCUT2D eigenvalue weighted by Gasteiger charge is 2.19. The number of aromatic nitrogens is 4. The lowest BCUT2D eigenvalue weighted by molar-refractivity contribution is 0.584. The lowest BCUT2D eigenvalue weighted by atomic mass is 10.3. The molecule has 0 radical (unpaired) electrons. The van der Waals surface area contributed by atoms with Gasteiger partial charge >= 0.3 is 0 Å². The van der Waals surface area contributed by atoms with Gasteiger partial charge in [0.25, 0.3) is 0 Å². The summed E-state index contributed by atoms with van der Waals surface area (Å²) in [4.78, 5) is 4.59. The molecule has 2 rings (SSSR count). The Morgan fingerprint density at radius 3 is 2.76 bits per heavy atom. The topological polar surface area (TPSA) is 35.6 Å². The zero-order valence-electron chi connectivity index (χ0n) is 10.6. The van der Waals surface area contributed by atoms with Gasteiger partial charge in [0.05, 0.1) is 11.6 Å². The van der Waals surface area contributed by atoms with Gasteiger partial charge in [-0.05, 0) is 20.1 Å². The first-order chi connectivity index (χ1) is 8.10. The molecule has 17 heavy (non-hydrogen) atoms. The molecule has 0 saturated carbocycles. The summed E-state index contributed by atoms with van der Waals surface area (Å²) in [6, 6.07) is 0.374. The van der Waals surface area contributed by atoms with Crippen LogP contribution in [0, 0.1) is 6.92 Å². The Morgan fingerprint density at radius 2 is 2.18 bits per heavy atom. The van der Waals surface area contributed by atoms with Gasteiger partial charge in [0, 0.05) is 18.8 Å². The third-order valence-electron chi connectivity index (χ3n) is 2.88. The van der Waals surface area contributed by atoms with Crippen molar-refractivity contribution in [3.8, 4) is 0 Å². The first kappa shape index (κ1) is 12.8. The summed E-state index contributed by atoms with van der Waals surface area (Å²) in [6.45, 7) is 4.17. The van der Waals surface area contributed by atoms with Crippen molar-refractivity contribution in [3.05, 3.63) is 11.5 Å². The molecule has 0 spiro atoms. The second-order valence-corrected chi connectivity index (χ2v) is 5.40. The fourth-order valence-corrected chi connectivity index (χ4v) is 3.03. The van der Waals surface area contributed by atoms with Crippen LogP contribution in [-0.2, 0) is 12.9 Å². The van der Waals surface area contributed by atoms with Crippen LogP contribution < -0.4 is 0 Å². The fraction of sp³-hybridized carbons (Fsp3) is 0.636. The molecule has 0 saturated heterocycles. The van der Waals surface area contributed by atoms with Crippen molar-refractivity contribution >= 4 is 34.5 Å². The van der Waals surface area contributed by atoms with Crippen molar-refractivity contribution < 1.29 is 0 Å². The molecule has 2 aromatic heterocycles. The number of thioether (sulfide) groups is 1. The molecule has 4 nitrogen and oxygen atoms in total. The lowest BCUT2D eigenvalue weighted by Crippen LogP contribution is -2.13. The van der Waals surface area contributed by atoms with Crippen molar-refractivity contribution in [2.45, 2.75) is 25.8 Å². The first-order valence-corrected chi connectivity index (χ1v) is 7.48. The van der Waals surface area contributed by atoms with Crippen LogP contribution in [0.3, 0.4) is 0 Å². The maximum Gasteiger partial charge on any atom is 0.158 e. The average molecular weight is 273 g/mol. The summed E-state index contributed by atoms with van der Waals surface area (Å²) < 4.78 is 4.10. The van der Waals surface area contributed by atoms with Crippen LogP contribution in [-0.4, -0.2) is 31.3 Å². The molecular weight excluding hydrogens is 256 g/mol. The smallest absolute Gasteiger partial charge is 0.158 e. The van der Waals surface area contributed by atoms with E-state index in [1.54, 1.807) is 0 Å². The van der Waals surface area contributed by atoms with Crippen molar-refractivity contribution in [2.75, 3.05) is 12.0 Å². The molecule has 1 unspecified atom stereocenters. The first-order valence-electron chi connectivity index (χ1n) is 5.55. The van der Waals surface area contributed by atoms with E-state index in [2.05, 4.69) is 27.8 Å². The van der Waals surface area contributed by atoms with Gasteiger partial charge in [0.15, 0.2) is 5.65 Å². The molecule has 0 aliphatic heterocycles. The minimum Gasteiger partial charge on any atom is -0.308 e. The van der Waals surface area contributed by atoms with Crippen LogP contribution in [0.2, 0.25) is 0 Å². The third-order valence-corrected chi connectivity index (χ3v) is 3.93. The van der Waals surface area contributed by atoms with Gasteiger partial charge < -0.3 is 4.57 Å². The molecule has 0 aliphatic rings. The van der Waals surface area contributed by atoms with E-state index >= 15 is 0 Å². The SMILES string of the molecule is CSCC(C)n1c(CCl)nc2c(C)nn(C)c21. The van der Waals surface area contributed by atoms with Gasteiger partial charge in [-0.3, -0.25) is 4.68 Å². The van der Waals surface area contributed by atoms with Gasteiger partial charge in [0.1, 0.15) is 11.3 Å². The van der Waals surface area contributed by atoms with Crippen molar-refractivity contribution in [1.82, 2.24) is 19.3 Å². The van der Waals surface area contributed by atoms with Crippen molar-refractivity contribution in [1.29, 1.82) is 0 Å². The molecule has 2 aromatic rings. The predicted molar refractivity (Wildman–Crippen MR) is 73.9 cm³/mol. The normalized spacial score (nSPS) is 13.5. The number of hydrogen-bond acceptors (Lipinski definition) is 3. The zero-order valence-corrected chi connectivity index (χ0v) is 12.1. The molecule has 0 N–H and O–H groups in total. The van der Waals surface area contributed by atoms with E-state index in [-0.39, 0.29) is 0 Å². The van der Waals surface area contributed by atoms with E-state index in [0.717, 1.165) is 28.4 Å². The van der Waals surface area contributed by atoms with E-state index in [1.807, 2.05) is 30.4 Å². The van der Waals surface area contributed by atoms with Crippen molar-refractivity contribution in [2.24, 2.45) is 7.05 Å². The summed E-state index contributed by atoms with van der Waals surface area (Å²) in [7, 11) is 1.96. The van der Waals surface area contributed by atoms with Crippen LogP contribution in [0.5, 0.6) is 0 Å². The highest BCUT2D eigenvalue weighted by molar-refractivity contribution is 7.98. The van der Waals surface area contributed by atoms with Gasteiger partial charge in [-0.15, -0.1) is 11.6 Å². The van der Waals surface area contributed by atoms with Gasteiger partial charge in [-0.25, -0.2) is 4.98 Å².